The van der Waals surface area contributed by atoms with E-state index in [1.54, 1.807) is 6.08 Å². The van der Waals surface area contributed by atoms with Crippen LogP contribution in [0, 0.1) is 0 Å². The van der Waals surface area contributed by atoms with E-state index < -0.39 is 12.1 Å². The Morgan fingerprint density at radius 2 is 0.580 bits per heavy atom. The number of rotatable bonds is 69. The molecule has 2 unspecified atom stereocenters. The van der Waals surface area contributed by atoms with Crippen molar-refractivity contribution in [3.05, 3.63) is 36.5 Å². The number of nitrogens with one attached hydrogen (secondary N) is 1. The Bertz CT molecular complexity index is 1310. The van der Waals surface area contributed by atoms with Crippen LogP contribution in [0.1, 0.15) is 406 Å². The van der Waals surface area contributed by atoms with Crippen LogP contribution in [-0.2, 0) is 14.3 Å². The minimum Gasteiger partial charge on any atom is -0.466 e. The molecule has 0 aliphatic rings. The first-order chi connectivity index (χ1) is 40.0. The van der Waals surface area contributed by atoms with Gasteiger partial charge in [-0.25, -0.2) is 0 Å². The van der Waals surface area contributed by atoms with Crippen molar-refractivity contribution in [2.75, 3.05) is 13.2 Å². The van der Waals surface area contributed by atoms with Gasteiger partial charge in [0.2, 0.25) is 5.91 Å². The highest BCUT2D eigenvalue weighted by atomic mass is 16.5. The van der Waals surface area contributed by atoms with E-state index in [4.69, 9.17) is 4.74 Å². The van der Waals surface area contributed by atoms with E-state index in [0.717, 1.165) is 44.9 Å². The first-order valence-electron chi connectivity index (χ1n) is 36.8. The molecule has 0 bridgehead atoms. The van der Waals surface area contributed by atoms with Gasteiger partial charge in [-0.05, 0) is 83.5 Å². The Kier molecular flexibility index (Phi) is 68.9. The highest BCUT2D eigenvalue weighted by Gasteiger charge is 2.18. The monoisotopic (exact) mass is 1140 g/mol. The zero-order valence-corrected chi connectivity index (χ0v) is 54.8. The number of hydrogen-bond donors (Lipinski definition) is 3. The molecule has 1 amide bonds. The third-order valence-electron chi connectivity index (χ3n) is 17.1. The predicted octanol–water partition coefficient (Wildman–Crippen LogP) is 23.9. The van der Waals surface area contributed by atoms with Crippen molar-refractivity contribution in [1.29, 1.82) is 0 Å². The van der Waals surface area contributed by atoms with Crippen LogP contribution < -0.4 is 5.32 Å². The average Bonchev–Trinajstić information content (AvgIpc) is 3.47. The molecule has 0 fully saturated rings. The van der Waals surface area contributed by atoms with Crippen molar-refractivity contribution < 1.29 is 24.5 Å². The fourth-order valence-electron chi connectivity index (χ4n) is 11.5. The highest BCUT2D eigenvalue weighted by Crippen LogP contribution is 2.19. The average molecular weight is 1140 g/mol. The second-order valence-corrected chi connectivity index (χ2v) is 25.3. The lowest BCUT2D eigenvalue weighted by Gasteiger charge is -2.20. The molecule has 0 spiro atoms. The number of carbonyl (C=O) groups excluding carboxylic acids is 2. The van der Waals surface area contributed by atoms with Gasteiger partial charge in [0.05, 0.1) is 25.4 Å². The summed E-state index contributed by atoms with van der Waals surface area (Å²) in [7, 11) is 0. The molecule has 0 aliphatic carbocycles. The second-order valence-electron chi connectivity index (χ2n) is 25.3. The summed E-state index contributed by atoms with van der Waals surface area (Å²) in [6.45, 7) is 4.93. The Morgan fingerprint density at radius 3 is 0.877 bits per heavy atom. The Balaban J connectivity index is 3.42. The summed E-state index contributed by atoms with van der Waals surface area (Å²) in [5, 5.41) is 23.3. The van der Waals surface area contributed by atoms with Crippen LogP contribution in [0.25, 0.3) is 0 Å². The van der Waals surface area contributed by atoms with Gasteiger partial charge in [0.25, 0.3) is 0 Å². The van der Waals surface area contributed by atoms with Crippen LogP contribution in [0.2, 0.25) is 0 Å². The van der Waals surface area contributed by atoms with Gasteiger partial charge in [0.15, 0.2) is 0 Å². The number of unbranched alkanes of at least 4 members (excludes halogenated alkanes) is 54. The molecule has 0 saturated heterocycles. The maximum absolute atomic E-state index is 12.5. The molecule has 0 aromatic heterocycles. The van der Waals surface area contributed by atoms with Gasteiger partial charge in [-0.2, -0.15) is 0 Å². The summed E-state index contributed by atoms with van der Waals surface area (Å²) in [6.07, 6.45) is 90.9. The van der Waals surface area contributed by atoms with Crippen LogP contribution in [-0.4, -0.2) is 47.4 Å². The number of ether oxygens (including phenoxy) is 1. The molecule has 0 heterocycles. The molecule has 0 aromatic rings. The lowest BCUT2D eigenvalue weighted by atomic mass is 10.0. The zero-order valence-electron chi connectivity index (χ0n) is 54.8. The molecule has 6 heteroatoms. The smallest absolute Gasteiger partial charge is 0.305 e. The molecule has 6 nitrogen and oxygen atoms in total. The topological polar surface area (TPSA) is 95.9 Å². The van der Waals surface area contributed by atoms with Crippen molar-refractivity contribution >= 4 is 11.9 Å². The van der Waals surface area contributed by atoms with Gasteiger partial charge in [0.1, 0.15) is 0 Å². The van der Waals surface area contributed by atoms with E-state index in [-0.39, 0.29) is 18.5 Å². The van der Waals surface area contributed by atoms with E-state index in [1.807, 2.05) is 6.08 Å². The fourth-order valence-corrected chi connectivity index (χ4v) is 11.5. The minimum atomic E-state index is -0.848. The lowest BCUT2D eigenvalue weighted by Crippen LogP contribution is -2.45. The van der Waals surface area contributed by atoms with Crippen LogP contribution in [0.5, 0.6) is 0 Å². The molecule has 3 N–H and O–H groups in total. The maximum Gasteiger partial charge on any atom is 0.305 e. The van der Waals surface area contributed by atoms with Gasteiger partial charge in [-0.1, -0.05) is 346 Å². The summed E-state index contributed by atoms with van der Waals surface area (Å²) < 4.78 is 5.50. The number of amides is 1. The molecular weight excluding hydrogens is 995 g/mol. The molecular formula is C75H143NO5. The molecule has 0 radical (unpaired) electrons. The quantitative estimate of drug-likeness (QED) is 0.0320. The Morgan fingerprint density at radius 1 is 0.333 bits per heavy atom. The number of allylic oxidation sites excluding steroid dienone is 5. The summed E-state index contributed by atoms with van der Waals surface area (Å²) in [6, 6.07) is -0.632. The van der Waals surface area contributed by atoms with Crippen molar-refractivity contribution in [2.24, 2.45) is 0 Å². The summed E-state index contributed by atoms with van der Waals surface area (Å²) in [5.41, 5.74) is 0. The van der Waals surface area contributed by atoms with Crippen LogP contribution in [0.15, 0.2) is 36.5 Å². The van der Waals surface area contributed by atoms with E-state index in [1.165, 1.54) is 334 Å². The molecule has 0 aromatic carbocycles. The molecule has 0 saturated carbocycles. The van der Waals surface area contributed by atoms with Crippen LogP contribution >= 0.6 is 0 Å². The number of carbonyl (C=O) groups is 2. The maximum atomic E-state index is 12.5. The van der Waals surface area contributed by atoms with E-state index in [0.29, 0.717) is 19.4 Å². The lowest BCUT2D eigenvalue weighted by molar-refractivity contribution is -0.143. The molecule has 0 aliphatic heterocycles. The zero-order chi connectivity index (χ0) is 58.5. The van der Waals surface area contributed by atoms with E-state index >= 15 is 0 Å². The van der Waals surface area contributed by atoms with Gasteiger partial charge < -0.3 is 20.3 Å². The number of aliphatic hydroxyl groups is 2. The van der Waals surface area contributed by atoms with Crippen molar-refractivity contribution in [1.82, 2.24) is 5.32 Å². The minimum absolute atomic E-state index is 0.0104. The standard InChI is InChI=1S/C75H143NO5/c1-3-5-7-9-11-13-15-17-19-21-22-23-29-32-36-39-43-47-51-55-59-63-67-73(78)72(71-77)76-74(79)68-64-60-56-52-48-44-40-37-33-30-27-25-24-26-28-31-34-38-42-46-50-54-58-62-66-70-81-75(80)69-65-61-57-53-49-45-41-35-20-18-16-14-12-10-8-6-4-2/h18,20,25,27,63,67,72-73,77-78H,3-17,19,21-24,26,28-62,64-66,68-71H2,1-2H3,(H,76,79)/b20-18-,27-25-,67-63+. The summed E-state index contributed by atoms with van der Waals surface area (Å²) in [4.78, 5) is 24.6. The summed E-state index contributed by atoms with van der Waals surface area (Å²) >= 11 is 0. The molecule has 81 heavy (non-hydrogen) atoms. The first kappa shape index (κ1) is 79.1. The van der Waals surface area contributed by atoms with Crippen molar-refractivity contribution in [3.8, 4) is 0 Å². The summed E-state index contributed by atoms with van der Waals surface area (Å²) in [5.74, 6) is -0.0568. The number of hydrogen-bond acceptors (Lipinski definition) is 5. The van der Waals surface area contributed by atoms with Crippen LogP contribution in [0.4, 0.5) is 0 Å². The second kappa shape index (κ2) is 70.6. The largest absolute Gasteiger partial charge is 0.466 e. The van der Waals surface area contributed by atoms with E-state index in [9.17, 15) is 19.8 Å². The SMILES string of the molecule is CCCCCCCC/C=C\CCCCCCCCCC(=O)OCCCCCCCCCCCCCC/C=C\CCCCCCCCCCCC(=O)NC(CO)C(O)/C=C/CCCCCCCCCCCCCCCCCCCCCC. The normalized spacial score (nSPS) is 12.7. The predicted molar refractivity (Wildman–Crippen MR) is 356 cm³/mol. The first-order valence-corrected chi connectivity index (χ1v) is 36.8. The van der Waals surface area contributed by atoms with Gasteiger partial charge in [-0.3, -0.25) is 9.59 Å². The van der Waals surface area contributed by atoms with Gasteiger partial charge >= 0.3 is 5.97 Å². The third kappa shape index (κ3) is 67.1. The number of esters is 1. The van der Waals surface area contributed by atoms with Crippen molar-refractivity contribution in [3.63, 3.8) is 0 Å². The van der Waals surface area contributed by atoms with Gasteiger partial charge in [-0.15, -0.1) is 0 Å². The van der Waals surface area contributed by atoms with Gasteiger partial charge in [0, 0.05) is 12.8 Å². The molecule has 478 valence electrons. The fraction of sp³-hybridized carbons (Fsp3) is 0.893. The Labute approximate surface area is 506 Å². The molecule has 0 rings (SSSR count). The molecule has 2 atom stereocenters. The van der Waals surface area contributed by atoms with Crippen molar-refractivity contribution in [2.45, 2.75) is 418 Å². The van der Waals surface area contributed by atoms with Crippen LogP contribution in [0.3, 0.4) is 0 Å². The third-order valence-corrected chi connectivity index (χ3v) is 17.1. The van der Waals surface area contributed by atoms with E-state index in [2.05, 4.69) is 43.5 Å². The highest BCUT2D eigenvalue weighted by molar-refractivity contribution is 5.76. The Hall–Kier alpha value is -1.92. The number of aliphatic hydroxyl groups excluding tert-OH is 2.